The molecule has 1 aromatic heterocycles. The van der Waals surface area contributed by atoms with Crippen molar-refractivity contribution in [3.8, 4) is 0 Å². The van der Waals surface area contributed by atoms with Crippen molar-refractivity contribution in [3.63, 3.8) is 0 Å². The number of fused-ring (bicyclic) bond motifs is 1. The normalized spacial score (nSPS) is 11.8. The molecule has 1 unspecified atom stereocenters. The number of para-hydroxylation sites is 2. The number of amides is 2. The highest BCUT2D eigenvalue weighted by Crippen LogP contribution is 2.22. The molecule has 1 atom stereocenters. The Morgan fingerprint density at radius 1 is 1.03 bits per heavy atom. The van der Waals surface area contributed by atoms with E-state index in [1.165, 1.54) is 24.3 Å². The quantitative estimate of drug-likeness (QED) is 0.469. The molecule has 0 bridgehead atoms. The summed E-state index contributed by atoms with van der Waals surface area (Å²) in [4.78, 5) is 30.1. The van der Waals surface area contributed by atoms with Crippen molar-refractivity contribution < 1.29 is 14.0 Å². The van der Waals surface area contributed by atoms with Crippen LogP contribution in [0.15, 0.2) is 72.8 Å². The Labute approximate surface area is 185 Å². The van der Waals surface area contributed by atoms with Gasteiger partial charge in [-0.05, 0) is 62.4 Å². The number of hydrogen-bond donors (Lipinski definition) is 2. The second-order valence-corrected chi connectivity index (χ2v) is 7.66. The zero-order chi connectivity index (χ0) is 22.7. The van der Waals surface area contributed by atoms with Crippen LogP contribution in [0.25, 0.3) is 11.0 Å². The third kappa shape index (κ3) is 4.67. The van der Waals surface area contributed by atoms with Crippen LogP contribution in [-0.2, 0) is 11.3 Å². The summed E-state index contributed by atoms with van der Waals surface area (Å²) in [5, 5.41) is 5.74. The lowest BCUT2D eigenvalue weighted by molar-refractivity contribution is -0.116. The number of imidazole rings is 1. The zero-order valence-electron chi connectivity index (χ0n) is 17.8. The van der Waals surface area contributed by atoms with Gasteiger partial charge in [-0.15, -0.1) is 0 Å². The van der Waals surface area contributed by atoms with Crippen molar-refractivity contribution in [2.24, 2.45) is 0 Å². The number of benzene rings is 3. The number of hydrogen-bond acceptors (Lipinski definition) is 3. The van der Waals surface area contributed by atoms with Crippen LogP contribution in [0.2, 0.25) is 0 Å². The molecule has 4 aromatic rings. The molecule has 0 saturated carbocycles. The first-order valence-electron chi connectivity index (χ1n) is 10.3. The molecule has 2 N–H and O–H groups in total. The summed E-state index contributed by atoms with van der Waals surface area (Å²) < 4.78 is 14.9. The minimum atomic E-state index is -0.436. The highest BCUT2D eigenvalue weighted by atomic mass is 19.1. The van der Waals surface area contributed by atoms with Crippen molar-refractivity contribution in [1.82, 2.24) is 14.9 Å². The summed E-state index contributed by atoms with van der Waals surface area (Å²) in [7, 11) is 0. The van der Waals surface area contributed by atoms with Gasteiger partial charge in [0.05, 0.1) is 17.1 Å². The second kappa shape index (κ2) is 9.01. The molecule has 4 rings (SSSR count). The van der Waals surface area contributed by atoms with Crippen LogP contribution < -0.4 is 10.6 Å². The van der Waals surface area contributed by atoms with Gasteiger partial charge in [0.2, 0.25) is 5.91 Å². The first kappa shape index (κ1) is 21.2. The maximum atomic E-state index is 13.1. The largest absolute Gasteiger partial charge is 0.342 e. The summed E-state index contributed by atoms with van der Waals surface area (Å²) in [6.45, 7) is 3.76. The molecule has 1 heterocycles. The Balaban J connectivity index is 1.58. The number of carbonyl (C=O) groups excluding carboxylic acids is 2. The van der Waals surface area contributed by atoms with Gasteiger partial charge in [-0.1, -0.05) is 29.8 Å². The van der Waals surface area contributed by atoms with Crippen molar-refractivity contribution in [2.45, 2.75) is 26.4 Å². The van der Waals surface area contributed by atoms with E-state index in [9.17, 15) is 14.0 Å². The Kier molecular flexibility index (Phi) is 5.98. The van der Waals surface area contributed by atoms with Crippen LogP contribution in [0.1, 0.15) is 34.7 Å². The number of nitrogens with zero attached hydrogens (tertiary/aromatic N) is 2. The van der Waals surface area contributed by atoms with E-state index in [0.29, 0.717) is 17.1 Å². The van der Waals surface area contributed by atoms with Crippen molar-refractivity contribution >= 4 is 28.5 Å². The number of aromatic nitrogens is 2. The fraction of sp³-hybridized carbons (Fsp3) is 0.160. The molecule has 32 heavy (non-hydrogen) atoms. The molecule has 0 aliphatic rings. The molecule has 0 fully saturated rings. The minimum absolute atomic E-state index is 0.00210. The van der Waals surface area contributed by atoms with E-state index in [4.69, 9.17) is 0 Å². The predicted molar refractivity (Wildman–Crippen MR) is 122 cm³/mol. The molecule has 0 saturated heterocycles. The molecular weight excluding hydrogens is 407 g/mol. The highest BCUT2D eigenvalue weighted by molar-refractivity contribution is 5.95. The monoisotopic (exact) mass is 430 g/mol. The van der Waals surface area contributed by atoms with Crippen LogP contribution in [0.3, 0.4) is 0 Å². The Bertz CT molecular complexity index is 1280. The van der Waals surface area contributed by atoms with Crippen molar-refractivity contribution in [3.05, 3.63) is 95.6 Å². The van der Waals surface area contributed by atoms with Crippen molar-refractivity contribution in [1.29, 1.82) is 0 Å². The van der Waals surface area contributed by atoms with E-state index in [1.807, 2.05) is 56.3 Å². The number of halogens is 1. The number of anilines is 1. The van der Waals surface area contributed by atoms with Crippen LogP contribution in [-0.4, -0.2) is 21.4 Å². The number of aryl methyl sites for hydroxylation is 1. The molecule has 162 valence electrons. The summed E-state index contributed by atoms with van der Waals surface area (Å²) in [6.07, 6.45) is 0. The van der Waals surface area contributed by atoms with Gasteiger partial charge in [0.25, 0.3) is 5.91 Å². The molecule has 7 heteroatoms. The molecule has 0 spiro atoms. The molecule has 6 nitrogen and oxygen atoms in total. The average molecular weight is 430 g/mol. The van der Waals surface area contributed by atoms with E-state index in [1.54, 1.807) is 10.6 Å². The fourth-order valence-electron chi connectivity index (χ4n) is 3.60. The van der Waals surface area contributed by atoms with Gasteiger partial charge in [0.15, 0.2) is 0 Å². The van der Waals surface area contributed by atoms with Gasteiger partial charge >= 0.3 is 0 Å². The topological polar surface area (TPSA) is 76.0 Å². The standard InChI is InChI=1S/C25H23FN4O2/c1-16-6-5-7-18(14-16)25(32)27-17(2)24-29-21-8-3-4-9-22(21)30(24)15-23(31)28-20-12-10-19(26)11-13-20/h3-14,17H,15H2,1-2H3,(H,27,32)(H,28,31). The van der Waals surface area contributed by atoms with Gasteiger partial charge in [0, 0.05) is 11.3 Å². The van der Waals surface area contributed by atoms with E-state index in [2.05, 4.69) is 15.6 Å². The Morgan fingerprint density at radius 2 is 1.78 bits per heavy atom. The smallest absolute Gasteiger partial charge is 0.251 e. The predicted octanol–water partition coefficient (Wildman–Crippen LogP) is 4.61. The van der Waals surface area contributed by atoms with E-state index < -0.39 is 6.04 Å². The summed E-state index contributed by atoms with van der Waals surface area (Å²) in [5.74, 6) is -0.292. The number of rotatable bonds is 6. The van der Waals surface area contributed by atoms with Gasteiger partial charge in [-0.3, -0.25) is 9.59 Å². The molecule has 0 radical (unpaired) electrons. The Morgan fingerprint density at radius 3 is 2.53 bits per heavy atom. The van der Waals surface area contributed by atoms with E-state index in [0.717, 1.165) is 16.6 Å². The van der Waals surface area contributed by atoms with Gasteiger partial charge in [-0.25, -0.2) is 9.37 Å². The van der Waals surface area contributed by atoms with Crippen LogP contribution in [0.5, 0.6) is 0 Å². The van der Waals surface area contributed by atoms with Crippen LogP contribution >= 0.6 is 0 Å². The lowest BCUT2D eigenvalue weighted by Crippen LogP contribution is -2.30. The number of carbonyl (C=O) groups is 2. The first-order chi connectivity index (χ1) is 15.4. The van der Waals surface area contributed by atoms with Crippen LogP contribution in [0.4, 0.5) is 10.1 Å². The fourth-order valence-corrected chi connectivity index (χ4v) is 3.60. The molecule has 0 aliphatic carbocycles. The SMILES string of the molecule is Cc1cccc(C(=O)NC(C)c2nc3ccccc3n2CC(=O)Nc2ccc(F)cc2)c1. The second-order valence-electron chi connectivity index (χ2n) is 7.66. The third-order valence-electron chi connectivity index (χ3n) is 5.13. The summed E-state index contributed by atoms with van der Waals surface area (Å²) in [6, 6.07) is 20.0. The minimum Gasteiger partial charge on any atom is -0.342 e. The van der Waals surface area contributed by atoms with E-state index in [-0.39, 0.29) is 24.2 Å². The van der Waals surface area contributed by atoms with Crippen LogP contribution in [0, 0.1) is 12.7 Å². The maximum Gasteiger partial charge on any atom is 0.251 e. The van der Waals surface area contributed by atoms with Crippen molar-refractivity contribution in [2.75, 3.05) is 5.32 Å². The molecule has 2 amide bonds. The molecule has 0 aliphatic heterocycles. The lowest BCUT2D eigenvalue weighted by atomic mass is 10.1. The van der Waals surface area contributed by atoms with Gasteiger partial charge < -0.3 is 15.2 Å². The Hall–Kier alpha value is -4.00. The lowest BCUT2D eigenvalue weighted by Gasteiger charge is -2.16. The van der Waals surface area contributed by atoms with E-state index >= 15 is 0 Å². The number of nitrogens with one attached hydrogen (secondary N) is 2. The van der Waals surface area contributed by atoms with Gasteiger partial charge in [0.1, 0.15) is 18.2 Å². The summed E-state index contributed by atoms with van der Waals surface area (Å²) >= 11 is 0. The molecule has 3 aromatic carbocycles. The van der Waals surface area contributed by atoms with Gasteiger partial charge in [-0.2, -0.15) is 0 Å². The first-order valence-corrected chi connectivity index (χ1v) is 10.3. The maximum absolute atomic E-state index is 13.1. The zero-order valence-corrected chi connectivity index (χ0v) is 17.8. The molecular formula is C25H23FN4O2. The highest BCUT2D eigenvalue weighted by Gasteiger charge is 2.20. The average Bonchev–Trinajstić information content (AvgIpc) is 3.14. The third-order valence-corrected chi connectivity index (χ3v) is 5.13. The summed E-state index contributed by atoms with van der Waals surface area (Å²) in [5.41, 5.74) is 3.58.